The lowest BCUT2D eigenvalue weighted by atomic mass is 10.0. The van der Waals surface area contributed by atoms with E-state index in [1.807, 2.05) is 0 Å². The second kappa shape index (κ2) is 5.96. The molecule has 1 heterocycles. The van der Waals surface area contributed by atoms with Gasteiger partial charge in [-0.05, 0) is 27.2 Å². The van der Waals surface area contributed by atoms with Gasteiger partial charge >= 0.3 is 0 Å². The lowest BCUT2D eigenvalue weighted by Crippen LogP contribution is -2.51. The van der Waals surface area contributed by atoms with Gasteiger partial charge in [0.2, 0.25) is 0 Å². The van der Waals surface area contributed by atoms with Crippen molar-refractivity contribution in [1.82, 2.24) is 4.90 Å². The maximum atomic E-state index is 5.64. The van der Waals surface area contributed by atoms with Crippen LogP contribution in [0.2, 0.25) is 0 Å². The third kappa shape index (κ3) is 4.01. The minimum atomic E-state index is -0.0454. The van der Waals surface area contributed by atoms with Crippen LogP contribution in [0.1, 0.15) is 27.2 Å². The third-order valence-electron chi connectivity index (χ3n) is 3.45. The highest BCUT2D eigenvalue weighted by atomic mass is 16.5. The predicted octanol–water partition coefficient (Wildman–Crippen LogP) is 0.850. The van der Waals surface area contributed by atoms with Crippen molar-refractivity contribution in [3.63, 3.8) is 0 Å². The van der Waals surface area contributed by atoms with E-state index in [0.717, 1.165) is 26.1 Å². The van der Waals surface area contributed by atoms with Crippen LogP contribution in [0.15, 0.2) is 0 Å². The van der Waals surface area contributed by atoms with Crippen LogP contribution in [0.25, 0.3) is 0 Å². The Balaban J connectivity index is 2.39. The third-order valence-corrected chi connectivity index (χ3v) is 3.45. The largest absolute Gasteiger partial charge is 0.379 e. The van der Waals surface area contributed by atoms with E-state index in [-0.39, 0.29) is 11.7 Å². The first-order chi connectivity index (χ1) is 7.48. The SMILES string of the molecule is COC(C)(C)CCN1CC(CN)OCC1C. The normalized spacial score (nSPS) is 28.3. The molecule has 0 aliphatic carbocycles. The molecule has 0 radical (unpaired) electrons. The Hall–Kier alpha value is -0.160. The van der Waals surface area contributed by atoms with Gasteiger partial charge < -0.3 is 15.2 Å². The number of rotatable bonds is 5. The molecule has 1 fully saturated rings. The molecule has 1 saturated heterocycles. The summed E-state index contributed by atoms with van der Waals surface area (Å²) in [5, 5.41) is 0. The van der Waals surface area contributed by atoms with Crippen molar-refractivity contribution in [2.24, 2.45) is 5.73 Å². The minimum Gasteiger partial charge on any atom is -0.379 e. The number of methoxy groups -OCH3 is 1. The molecule has 4 nitrogen and oxygen atoms in total. The molecule has 0 spiro atoms. The molecule has 1 aliphatic rings. The number of morpholine rings is 1. The van der Waals surface area contributed by atoms with Crippen LogP contribution in [0.4, 0.5) is 0 Å². The topological polar surface area (TPSA) is 47.7 Å². The molecule has 0 aromatic heterocycles. The summed E-state index contributed by atoms with van der Waals surface area (Å²) in [4.78, 5) is 2.45. The summed E-state index contributed by atoms with van der Waals surface area (Å²) in [7, 11) is 1.77. The zero-order valence-electron chi connectivity index (χ0n) is 11.0. The average Bonchev–Trinajstić information content (AvgIpc) is 2.28. The quantitative estimate of drug-likeness (QED) is 0.760. The van der Waals surface area contributed by atoms with E-state index in [2.05, 4.69) is 25.7 Å². The molecule has 4 heteroatoms. The van der Waals surface area contributed by atoms with E-state index in [4.69, 9.17) is 15.2 Å². The Morgan fingerprint density at radius 1 is 1.50 bits per heavy atom. The summed E-state index contributed by atoms with van der Waals surface area (Å²) in [6, 6.07) is 0.482. The smallest absolute Gasteiger partial charge is 0.0824 e. The van der Waals surface area contributed by atoms with Gasteiger partial charge in [0.25, 0.3) is 0 Å². The van der Waals surface area contributed by atoms with E-state index < -0.39 is 0 Å². The first-order valence-electron chi connectivity index (χ1n) is 6.09. The van der Waals surface area contributed by atoms with Gasteiger partial charge in [-0.1, -0.05) is 0 Å². The number of hydrogen-bond donors (Lipinski definition) is 1. The molecule has 1 rings (SSSR count). The first-order valence-corrected chi connectivity index (χ1v) is 6.09. The second-order valence-corrected chi connectivity index (χ2v) is 5.25. The Morgan fingerprint density at radius 2 is 2.19 bits per heavy atom. The summed E-state index contributed by atoms with van der Waals surface area (Å²) in [5.41, 5.74) is 5.60. The summed E-state index contributed by atoms with van der Waals surface area (Å²) in [6.45, 7) is 9.83. The molecule has 2 unspecified atom stereocenters. The van der Waals surface area contributed by atoms with Crippen molar-refractivity contribution < 1.29 is 9.47 Å². The highest BCUT2D eigenvalue weighted by Crippen LogP contribution is 2.17. The molecule has 0 aromatic carbocycles. The molecule has 96 valence electrons. The van der Waals surface area contributed by atoms with Gasteiger partial charge in [0.1, 0.15) is 0 Å². The zero-order valence-corrected chi connectivity index (χ0v) is 11.0. The highest BCUT2D eigenvalue weighted by molar-refractivity contribution is 4.80. The summed E-state index contributed by atoms with van der Waals surface area (Å²) >= 11 is 0. The van der Waals surface area contributed by atoms with E-state index in [1.165, 1.54) is 0 Å². The summed E-state index contributed by atoms with van der Waals surface area (Å²) in [5.74, 6) is 0. The number of nitrogens with zero attached hydrogens (tertiary/aromatic N) is 1. The van der Waals surface area contributed by atoms with Crippen LogP contribution in [-0.2, 0) is 9.47 Å². The Labute approximate surface area is 99.1 Å². The van der Waals surface area contributed by atoms with Gasteiger partial charge in [-0.3, -0.25) is 4.90 Å². The van der Waals surface area contributed by atoms with Crippen molar-refractivity contribution in [3.8, 4) is 0 Å². The minimum absolute atomic E-state index is 0.0454. The van der Waals surface area contributed by atoms with Crippen LogP contribution < -0.4 is 5.73 Å². The van der Waals surface area contributed by atoms with Crippen molar-refractivity contribution in [2.75, 3.05) is 33.4 Å². The zero-order chi connectivity index (χ0) is 12.2. The maximum Gasteiger partial charge on any atom is 0.0824 e. The molecule has 0 saturated carbocycles. The monoisotopic (exact) mass is 230 g/mol. The standard InChI is InChI=1S/C12H26N2O2/c1-10-9-16-11(7-13)8-14(10)6-5-12(2,3)15-4/h10-11H,5-9,13H2,1-4H3. The van der Waals surface area contributed by atoms with Crippen molar-refractivity contribution in [1.29, 1.82) is 0 Å². The van der Waals surface area contributed by atoms with Crippen LogP contribution in [-0.4, -0.2) is 56.0 Å². The van der Waals surface area contributed by atoms with E-state index in [0.29, 0.717) is 12.6 Å². The number of hydrogen-bond acceptors (Lipinski definition) is 4. The molecule has 2 N–H and O–H groups in total. The maximum absolute atomic E-state index is 5.64. The van der Waals surface area contributed by atoms with Crippen LogP contribution in [0, 0.1) is 0 Å². The fourth-order valence-corrected chi connectivity index (χ4v) is 1.84. The molecule has 0 aromatic rings. The highest BCUT2D eigenvalue weighted by Gasteiger charge is 2.27. The second-order valence-electron chi connectivity index (χ2n) is 5.25. The van der Waals surface area contributed by atoms with E-state index in [1.54, 1.807) is 7.11 Å². The molecular formula is C12H26N2O2. The van der Waals surface area contributed by atoms with Crippen LogP contribution in [0.5, 0.6) is 0 Å². The lowest BCUT2D eigenvalue weighted by Gasteiger charge is -2.39. The van der Waals surface area contributed by atoms with Crippen molar-refractivity contribution in [3.05, 3.63) is 0 Å². The molecule has 2 atom stereocenters. The van der Waals surface area contributed by atoms with Gasteiger partial charge in [0, 0.05) is 32.8 Å². The van der Waals surface area contributed by atoms with Gasteiger partial charge in [0.05, 0.1) is 18.3 Å². The van der Waals surface area contributed by atoms with Gasteiger partial charge in [0.15, 0.2) is 0 Å². The predicted molar refractivity (Wildman–Crippen MR) is 65.5 cm³/mol. The fraction of sp³-hybridized carbons (Fsp3) is 1.00. The Morgan fingerprint density at radius 3 is 2.75 bits per heavy atom. The fourth-order valence-electron chi connectivity index (χ4n) is 1.84. The van der Waals surface area contributed by atoms with Crippen molar-refractivity contribution in [2.45, 2.75) is 44.9 Å². The summed E-state index contributed by atoms with van der Waals surface area (Å²) < 4.78 is 11.1. The van der Waals surface area contributed by atoms with Gasteiger partial charge in [-0.2, -0.15) is 0 Å². The van der Waals surface area contributed by atoms with Crippen LogP contribution in [0.3, 0.4) is 0 Å². The average molecular weight is 230 g/mol. The molecular weight excluding hydrogens is 204 g/mol. The summed E-state index contributed by atoms with van der Waals surface area (Å²) in [6.07, 6.45) is 1.23. The Bertz CT molecular complexity index is 209. The lowest BCUT2D eigenvalue weighted by molar-refractivity contribution is -0.0644. The molecule has 16 heavy (non-hydrogen) atoms. The van der Waals surface area contributed by atoms with Gasteiger partial charge in [-0.25, -0.2) is 0 Å². The first kappa shape index (κ1) is 13.9. The van der Waals surface area contributed by atoms with Crippen molar-refractivity contribution >= 4 is 0 Å². The van der Waals surface area contributed by atoms with E-state index >= 15 is 0 Å². The van der Waals surface area contributed by atoms with E-state index in [9.17, 15) is 0 Å². The van der Waals surface area contributed by atoms with Gasteiger partial charge in [-0.15, -0.1) is 0 Å². The molecule has 0 amide bonds. The van der Waals surface area contributed by atoms with Crippen LogP contribution >= 0.6 is 0 Å². The molecule has 0 bridgehead atoms. The Kier molecular flexibility index (Phi) is 5.18. The number of nitrogens with two attached hydrogens (primary N) is 1. The molecule has 1 aliphatic heterocycles. The number of ether oxygens (including phenoxy) is 2.